The molecule has 1 aromatic rings. The fraction of sp³-hybridized carbons (Fsp3) is 0.500. The molecule has 2 N–H and O–H groups in total. The molecular weight excluding hydrogens is 158 g/mol. The van der Waals surface area contributed by atoms with Crippen LogP contribution in [-0.4, -0.2) is 6.04 Å². The van der Waals surface area contributed by atoms with Crippen molar-refractivity contribution in [3.63, 3.8) is 0 Å². The van der Waals surface area contributed by atoms with E-state index in [-0.39, 0.29) is 0 Å². The van der Waals surface area contributed by atoms with Crippen LogP contribution in [-0.2, 0) is 6.42 Å². The maximum Gasteiger partial charge on any atom is 0.0108 e. The molecule has 1 unspecified atom stereocenters. The minimum atomic E-state index is 0.391. The molecule has 70 valence electrons. The first-order valence-corrected chi connectivity index (χ1v) is 5.07. The Bertz CT molecular complexity index is 289. The third-order valence-electron chi connectivity index (χ3n) is 2.78. The normalized spacial score (nSPS) is 18.6. The summed E-state index contributed by atoms with van der Waals surface area (Å²) in [6.07, 6.45) is 3.73. The molecule has 0 aliphatic heterocycles. The summed E-state index contributed by atoms with van der Waals surface area (Å²) in [6, 6.07) is 9.05. The minimum absolute atomic E-state index is 0.391. The second-order valence-electron chi connectivity index (χ2n) is 4.19. The van der Waals surface area contributed by atoms with E-state index in [1.54, 1.807) is 0 Å². The summed E-state index contributed by atoms with van der Waals surface area (Å²) in [6.45, 7) is 2.13. The van der Waals surface area contributed by atoms with Crippen LogP contribution in [0.2, 0.25) is 0 Å². The fourth-order valence-electron chi connectivity index (χ4n) is 1.80. The number of nitrogens with two attached hydrogens (primary N) is 1. The molecule has 1 aliphatic rings. The maximum atomic E-state index is 6.06. The quantitative estimate of drug-likeness (QED) is 0.749. The number of rotatable bonds is 3. The molecule has 13 heavy (non-hydrogen) atoms. The third-order valence-corrected chi connectivity index (χ3v) is 2.78. The van der Waals surface area contributed by atoms with Crippen LogP contribution < -0.4 is 5.73 Å². The van der Waals surface area contributed by atoms with E-state index in [0.29, 0.717) is 6.04 Å². The molecule has 1 aliphatic carbocycles. The van der Waals surface area contributed by atoms with Gasteiger partial charge in [-0.1, -0.05) is 29.8 Å². The number of hydrogen-bond acceptors (Lipinski definition) is 1. The van der Waals surface area contributed by atoms with Gasteiger partial charge in [-0.15, -0.1) is 0 Å². The van der Waals surface area contributed by atoms with Gasteiger partial charge in [0.1, 0.15) is 0 Å². The first kappa shape index (κ1) is 8.76. The summed E-state index contributed by atoms with van der Waals surface area (Å²) < 4.78 is 0. The summed E-state index contributed by atoms with van der Waals surface area (Å²) in [5.74, 6) is 0.806. The summed E-state index contributed by atoms with van der Waals surface area (Å²) in [5, 5.41) is 0. The van der Waals surface area contributed by atoms with Gasteiger partial charge in [-0.2, -0.15) is 0 Å². The molecule has 0 radical (unpaired) electrons. The number of aryl methyl sites for hydroxylation is 1. The van der Waals surface area contributed by atoms with E-state index in [1.807, 2.05) is 0 Å². The van der Waals surface area contributed by atoms with E-state index in [2.05, 4.69) is 31.2 Å². The minimum Gasteiger partial charge on any atom is -0.327 e. The fourth-order valence-corrected chi connectivity index (χ4v) is 1.80. The summed E-state index contributed by atoms with van der Waals surface area (Å²) >= 11 is 0. The predicted octanol–water partition coefficient (Wildman–Crippen LogP) is 2.27. The summed E-state index contributed by atoms with van der Waals surface area (Å²) in [7, 11) is 0. The topological polar surface area (TPSA) is 26.0 Å². The SMILES string of the molecule is Cc1cccc(CC(N)C2CC2)c1. The van der Waals surface area contributed by atoms with Crippen molar-refractivity contribution in [2.24, 2.45) is 11.7 Å². The van der Waals surface area contributed by atoms with Gasteiger partial charge in [-0.25, -0.2) is 0 Å². The first-order chi connectivity index (χ1) is 6.25. The van der Waals surface area contributed by atoms with Crippen LogP contribution in [0.25, 0.3) is 0 Å². The van der Waals surface area contributed by atoms with Crippen LogP contribution in [0.3, 0.4) is 0 Å². The highest BCUT2D eigenvalue weighted by Gasteiger charge is 2.28. The van der Waals surface area contributed by atoms with E-state index in [1.165, 1.54) is 24.0 Å². The third kappa shape index (κ3) is 2.31. The van der Waals surface area contributed by atoms with Crippen molar-refractivity contribution >= 4 is 0 Å². The van der Waals surface area contributed by atoms with Crippen molar-refractivity contribution in [3.8, 4) is 0 Å². The second kappa shape index (κ2) is 3.51. The second-order valence-corrected chi connectivity index (χ2v) is 4.19. The molecule has 0 spiro atoms. The molecule has 1 fully saturated rings. The molecule has 1 heteroatoms. The average molecular weight is 175 g/mol. The Kier molecular flexibility index (Phi) is 2.36. The van der Waals surface area contributed by atoms with Crippen molar-refractivity contribution in [2.45, 2.75) is 32.2 Å². The zero-order valence-electron chi connectivity index (χ0n) is 8.16. The van der Waals surface area contributed by atoms with E-state index < -0.39 is 0 Å². The Labute approximate surface area is 80.0 Å². The van der Waals surface area contributed by atoms with E-state index in [0.717, 1.165) is 12.3 Å². The van der Waals surface area contributed by atoms with Crippen LogP contribution >= 0.6 is 0 Å². The molecule has 0 aromatic heterocycles. The average Bonchev–Trinajstić information content (AvgIpc) is 2.85. The van der Waals surface area contributed by atoms with Crippen molar-refractivity contribution in [3.05, 3.63) is 35.4 Å². The van der Waals surface area contributed by atoms with E-state index in [9.17, 15) is 0 Å². The van der Waals surface area contributed by atoms with Crippen molar-refractivity contribution in [1.82, 2.24) is 0 Å². The lowest BCUT2D eigenvalue weighted by Crippen LogP contribution is -2.24. The number of benzene rings is 1. The highest BCUT2D eigenvalue weighted by molar-refractivity contribution is 5.23. The zero-order chi connectivity index (χ0) is 9.26. The van der Waals surface area contributed by atoms with Crippen molar-refractivity contribution in [1.29, 1.82) is 0 Å². The molecule has 0 bridgehead atoms. The highest BCUT2D eigenvalue weighted by Crippen LogP contribution is 2.32. The lowest BCUT2D eigenvalue weighted by atomic mass is 10.0. The smallest absolute Gasteiger partial charge is 0.0108 e. The zero-order valence-corrected chi connectivity index (χ0v) is 8.16. The molecule has 0 amide bonds. The molecule has 0 saturated heterocycles. The molecule has 0 heterocycles. The van der Waals surface area contributed by atoms with E-state index >= 15 is 0 Å². The van der Waals surface area contributed by atoms with Crippen molar-refractivity contribution in [2.75, 3.05) is 0 Å². The summed E-state index contributed by atoms with van der Waals surface area (Å²) in [5.41, 5.74) is 8.78. The highest BCUT2D eigenvalue weighted by atomic mass is 14.7. The van der Waals surface area contributed by atoms with Gasteiger partial charge in [-0.3, -0.25) is 0 Å². The van der Waals surface area contributed by atoms with Crippen LogP contribution in [0.15, 0.2) is 24.3 Å². The van der Waals surface area contributed by atoms with Gasteiger partial charge >= 0.3 is 0 Å². The van der Waals surface area contributed by atoms with Gasteiger partial charge in [0.25, 0.3) is 0 Å². The van der Waals surface area contributed by atoms with Gasteiger partial charge < -0.3 is 5.73 Å². The van der Waals surface area contributed by atoms with Crippen LogP contribution in [0, 0.1) is 12.8 Å². The molecule has 1 atom stereocenters. The van der Waals surface area contributed by atoms with Gasteiger partial charge in [0, 0.05) is 6.04 Å². The molecule has 1 aromatic carbocycles. The lowest BCUT2D eigenvalue weighted by molar-refractivity contribution is 0.591. The number of hydrogen-bond donors (Lipinski definition) is 1. The standard InChI is InChI=1S/C12H17N/c1-9-3-2-4-10(7-9)8-12(13)11-5-6-11/h2-4,7,11-12H,5-6,8,13H2,1H3. The molecular formula is C12H17N. The Morgan fingerprint density at radius 2 is 2.23 bits per heavy atom. The monoisotopic (exact) mass is 175 g/mol. The van der Waals surface area contributed by atoms with Crippen molar-refractivity contribution < 1.29 is 0 Å². The molecule has 2 rings (SSSR count). The Morgan fingerprint density at radius 1 is 1.46 bits per heavy atom. The largest absolute Gasteiger partial charge is 0.327 e. The Balaban J connectivity index is 2.00. The van der Waals surface area contributed by atoms with Gasteiger partial charge in [0.2, 0.25) is 0 Å². The predicted molar refractivity (Wildman–Crippen MR) is 55.6 cm³/mol. The molecule has 1 nitrogen and oxygen atoms in total. The first-order valence-electron chi connectivity index (χ1n) is 5.07. The Morgan fingerprint density at radius 3 is 2.85 bits per heavy atom. The van der Waals surface area contributed by atoms with Gasteiger partial charge in [-0.05, 0) is 37.7 Å². The van der Waals surface area contributed by atoms with E-state index in [4.69, 9.17) is 5.73 Å². The van der Waals surface area contributed by atoms with Crippen LogP contribution in [0.5, 0.6) is 0 Å². The maximum absolute atomic E-state index is 6.06. The van der Waals surface area contributed by atoms with Gasteiger partial charge in [0.15, 0.2) is 0 Å². The van der Waals surface area contributed by atoms with Gasteiger partial charge in [0.05, 0.1) is 0 Å². The Hall–Kier alpha value is -0.820. The van der Waals surface area contributed by atoms with Crippen LogP contribution in [0.1, 0.15) is 24.0 Å². The molecule has 1 saturated carbocycles. The summed E-state index contributed by atoms with van der Waals surface area (Å²) in [4.78, 5) is 0. The van der Waals surface area contributed by atoms with Crippen LogP contribution in [0.4, 0.5) is 0 Å². The lowest BCUT2D eigenvalue weighted by Gasteiger charge is -2.10.